The predicted octanol–water partition coefficient (Wildman–Crippen LogP) is 2.88. The van der Waals surface area contributed by atoms with Gasteiger partial charge in [0, 0.05) is 23.1 Å². The van der Waals surface area contributed by atoms with Crippen LogP contribution in [-0.2, 0) is 13.0 Å². The first-order chi connectivity index (χ1) is 8.22. The van der Waals surface area contributed by atoms with Crippen LogP contribution < -0.4 is 0 Å². The van der Waals surface area contributed by atoms with Crippen molar-refractivity contribution >= 4 is 27.5 Å². The summed E-state index contributed by atoms with van der Waals surface area (Å²) in [4.78, 5) is 0. The van der Waals surface area contributed by atoms with Gasteiger partial charge in [0.2, 0.25) is 0 Å². The average Bonchev–Trinajstić information content (AvgIpc) is 2.65. The Balaban J connectivity index is 2.22. The van der Waals surface area contributed by atoms with Gasteiger partial charge in [0.05, 0.1) is 12.7 Å². The molecule has 2 rings (SSSR count). The molecule has 0 aliphatic heterocycles. The normalized spacial score (nSPS) is 10.8. The zero-order chi connectivity index (χ0) is 12.3. The van der Waals surface area contributed by atoms with Crippen LogP contribution in [0.4, 0.5) is 0 Å². The molecule has 0 radical (unpaired) electrons. The lowest BCUT2D eigenvalue weighted by molar-refractivity contribution is 0.299. The van der Waals surface area contributed by atoms with Crippen molar-refractivity contribution in [3.05, 3.63) is 51.2 Å². The van der Waals surface area contributed by atoms with Crippen LogP contribution in [-0.4, -0.2) is 21.5 Å². The number of hydrogen-bond acceptors (Lipinski definition) is 2. The van der Waals surface area contributed by atoms with Gasteiger partial charge in [-0.1, -0.05) is 45.7 Å². The molecule has 0 aliphatic rings. The third-order valence-corrected chi connectivity index (χ3v) is 3.72. The molecule has 0 amide bonds. The fourth-order valence-electron chi connectivity index (χ4n) is 1.60. The number of nitrogens with zero attached hydrogens (tertiary/aromatic N) is 2. The predicted molar refractivity (Wildman–Crippen MR) is 71.3 cm³/mol. The van der Waals surface area contributed by atoms with Gasteiger partial charge in [0.1, 0.15) is 5.15 Å². The van der Waals surface area contributed by atoms with Gasteiger partial charge in [-0.05, 0) is 11.6 Å². The lowest BCUT2D eigenvalue weighted by Crippen LogP contribution is -2.02. The third kappa shape index (κ3) is 2.89. The number of hydrogen-bond donors (Lipinski definition) is 1. The Morgan fingerprint density at radius 1 is 1.29 bits per heavy atom. The van der Waals surface area contributed by atoms with Gasteiger partial charge in [0.25, 0.3) is 0 Å². The first-order valence-electron chi connectivity index (χ1n) is 5.27. The Morgan fingerprint density at radius 2 is 2.06 bits per heavy atom. The van der Waals surface area contributed by atoms with Crippen LogP contribution in [0.15, 0.2) is 34.9 Å². The Labute approximate surface area is 113 Å². The molecule has 1 heterocycles. The molecule has 90 valence electrons. The molecule has 5 heteroatoms. The van der Waals surface area contributed by atoms with Crippen LogP contribution in [0.25, 0.3) is 0 Å². The Hall–Kier alpha value is -0.840. The van der Waals surface area contributed by atoms with E-state index in [2.05, 4.69) is 21.0 Å². The summed E-state index contributed by atoms with van der Waals surface area (Å²) in [7, 11) is 0. The summed E-state index contributed by atoms with van der Waals surface area (Å²) in [6.07, 6.45) is 2.24. The van der Waals surface area contributed by atoms with E-state index in [0.717, 1.165) is 15.6 Å². The molecular weight excluding hydrogens is 304 g/mol. The maximum Gasteiger partial charge on any atom is 0.130 e. The third-order valence-electron chi connectivity index (χ3n) is 2.50. The second-order valence-corrected chi connectivity index (χ2v) is 4.90. The smallest absolute Gasteiger partial charge is 0.130 e. The fourth-order valence-corrected chi connectivity index (χ4v) is 2.25. The number of aliphatic hydroxyl groups is 1. The molecule has 0 fully saturated rings. The van der Waals surface area contributed by atoms with E-state index >= 15 is 0 Å². The summed E-state index contributed by atoms with van der Waals surface area (Å²) in [5, 5.41) is 13.7. The van der Waals surface area contributed by atoms with E-state index in [4.69, 9.17) is 16.7 Å². The van der Waals surface area contributed by atoms with Crippen LogP contribution in [0, 0.1) is 0 Å². The molecule has 1 aromatic heterocycles. The van der Waals surface area contributed by atoms with Crippen molar-refractivity contribution in [3.8, 4) is 0 Å². The van der Waals surface area contributed by atoms with Gasteiger partial charge in [-0.15, -0.1) is 0 Å². The van der Waals surface area contributed by atoms with Crippen LogP contribution in [0.3, 0.4) is 0 Å². The maximum absolute atomic E-state index is 8.88. The molecule has 2 aromatic rings. The van der Waals surface area contributed by atoms with E-state index in [1.807, 2.05) is 24.3 Å². The van der Waals surface area contributed by atoms with Crippen molar-refractivity contribution in [2.75, 3.05) is 6.61 Å². The maximum atomic E-state index is 8.88. The first-order valence-corrected chi connectivity index (χ1v) is 6.44. The second-order valence-electron chi connectivity index (χ2n) is 3.68. The first kappa shape index (κ1) is 12.6. The molecule has 0 spiro atoms. The molecule has 17 heavy (non-hydrogen) atoms. The Kier molecular flexibility index (Phi) is 4.20. The minimum atomic E-state index is 0.0838. The SMILES string of the molecule is OCCc1cnn(Cc2ccccc2Br)c1Cl. The number of aromatic nitrogens is 2. The highest BCUT2D eigenvalue weighted by Crippen LogP contribution is 2.21. The van der Waals surface area contributed by atoms with Crippen molar-refractivity contribution in [2.24, 2.45) is 0 Å². The highest BCUT2D eigenvalue weighted by atomic mass is 79.9. The van der Waals surface area contributed by atoms with Gasteiger partial charge in [-0.3, -0.25) is 0 Å². The standard InChI is InChI=1S/C12H12BrClN2O/c13-11-4-2-1-3-10(11)8-16-12(14)9(5-6-17)7-15-16/h1-4,7,17H,5-6,8H2. The summed E-state index contributed by atoms with van der Waals surface area (Å²) < 4.78 is 2.77. The fraction of sp³-hybridized carbons (Fsp3) is 0.250. The number of aliphatic hydroxyl groups excluding tert-OH is 1. The van der Waals surface area contributed by atoms with Crippen LogP contribution in [0.1, 0.15) is 11.1 Å². The molecule has 3 nitrogen and oxygen atoms in total. The molecule has 0 saturated heterocycles. The van der Waals surface area contributed by atoms with E-state index < -0.39 is 0 Å². The summed E-state index contributed by atoms with van der Waals surface area (Å²) in [6, 6.07) is 7.96. The van der Waals surface area contributed by atoms with Crippen molar-refractivity contribution in [1.82, 2.24) is 9.78 Å². The molecule has 0 atom stereocenters. The topological polar surface area (TPSA) is 38.1 Å². The number of halogens is 2. The molecule has 1 N–H and O–H groups in total. The lowest BCUT2D eigenvalue weighted by Gasteiger charge is -2.06. The van der Waals surface area contributed by atoms with Gasteiger partial charge in [-0.25, -0.2) is 4.68 Å². The quantitative estimate of drug-likeness (QED) is 0.942. The molecular formula is C12H12BrClN2O. The van der Waals surface area contributed by atoms with Crippen molar-refractivity contribution < 1.29 is 5.11 Å². The zero-order valence-electron chi connectivity index (χ0n) is 9.11. The van der Waals surface area contributed by atoms with E-state index in [1.54, 1.807) is 10.9 Å². The summed E-state index contributed by atoms with van der Waals surface area (Å²) in [5.41, 5.74) is 1.99. The highest BCUT2D eigenvalue weighted by Gasteiger charge is 2.09. The zero-order valence-corrected chi connectivity index (χ0v) is 11.4. The van der Waals surface area contributed by atoms with Crippen LogP contribution in [0.5, 0.6) is 0 Å². The number of benzene rings is 1. The van der Waals surface area contributed by atoms with Gasteiger partial charge >= 0.3 is 0 Å². The molecule has 0 aliphatic carbocycles. The van der Waals surface area contributed by atoms with E-state index in [1.165, 1.54) is 0 Å². The lowest BCUT2D eigenvalue weighted by atomic mass is 10.2. The van der Waals surface area contributed by atoms with E-state index in [9.17, 15) is 0 Å². The van der Waals surface area contributed by atoms with Crippen molar-refractivity contribution in [2.45, 2.75) is 13.0 Å². The van der Waals surface area contributed by atoms with Gasteiger partial charge in [0.15, 0.2) is 0 Å². The van der Waals surface area contributed by atoms with E-state index in [0.29, 0.717) is 18.1 Å². The van der Waals surface area contributed by atoms with Crippen molar-refractivity contribution in [1.29, 1.82) is 0 Å². The summed E-state index contributed by atoms with van der Waals surface area (Å²) >= 11 is 9.67. The molecule has 0 saturated carbocycles. The summed E-state index contributed by atoms with van der Waals surface area (Å²) in [6.45, 7) is 0.701. The highest BCUT2D eigenvalue weighted by molar-refractivity contribution is 9.10. The van der Waals surface area contributed by atoms with Crippen LogP contribution >= 0.6 is 27.5 Å². The van der Waals surface area contributed by atoms with E-state index in [-0.39, 0.29) is 6.61 Å². The number of rotatable bonds is 4. The Bertz CT molecular complexity index is 513. The molecule has 0 unspecified atom stereocenters. The van der Waals surface area contributed by atoms with Gasteiger partial charge in [-0.2, -0.15) is 5.10 Å². The van der Waals surface area contributed by atoms with Crippen molar-refractivity contribution in [3.63, 3.8) is 0 Å². The van der Waals surface area contributed by atoms with Crippen LogP contribution in [0.2, 0.25) is 5.15 Å². The minimum Gasteiger partial charge on any atom is -0.396 e. The molecule has 1 aromatic carbocycles. The summed E-state index contributed by atoms with van der Waals surface area (Å²) in [5.74, 6) is 0. The Morgan fingerprint density at radius 3 is 2.76 bits per heavy atom. The molecule has 0 bridgehead atoms. The second kappa shape index (κ2) is 5.67. The average molecular weight is 316 g/mol. The minimum absolute atomic E-state index is 0.0838. The largest absolute Gasteiger partial charge is 0.396 e. The van der Waals surface area contributed by atoms with Gasteiger partial charge < -0.3 is 5.11 Å². The monoisotopic (exact) mass is 314 g/mol.